The molecular formula is C14H19ClN4O2. The highest BCUT2D eigenvalue weighted by Gasteiger charge is 2.20. The number of nitrogens with two attached hydrogens (primary N) is 2. The number of benzene rings is 1. The van der Waals surface area contributed by atoms with Crippen LogP contribution in [0, 0.1) is 5.92 Å². The van der Waals surface area contributed by atoms with E-state index in [2.05, 4.69) is 10.3 Å². The number of amides is 2. The Morgan fingerprint density at radius 2 is 1.95 bits per heavy atom. The summed E-state index contributed by atoms with van der Waals surface area (Å²) in [6.07, 6.45) is 0. The molecule has 1 rings (SSSR count). The predicted molar refractivity (Wildman–Crippen MR) is 82.7 cm³/mol. The van der Waals surface area contributed by atoms with Crippen LogP contribution in [0.15, 0.2) is 29.3 Å². The lowest BCUT2D eigenvalue weighted by Crippen LogP contribution is -2.51. The van der Waals surface area contributed by atoms with Gasteiger partial charge in [-0.3, -0.25) is 14.6 Å². The normalized spacial score (nSPS) is 13.1. The van der Waals surface area contributed by atoms with Gasteiger partial charge in [-0.1, -0.05) is 43.6 Å². The van der Waals surface area contributed by atoms with Gasteiger partial charge in [-0.05, 0) is 11.6 Å². The number of halogens is 1. The van der Waals surface area contributed by atoms with Gasteiger partial charge in [0, 0.05) is 10.9 Å². The van der Waals surface area contributed by atoms with Crippen LogP contribution >= 0.6 is 11.6 Å². The quantitative estimate of drug-likeness (QED) is 0.553. The minimum absolute atomic E-state index is 0.0427. The lowest BCUT2D eigenvalue weighted by atomic mass is 10.2. The van der Waals surface area contributed by atoms with Crippen molar-refractivity contribution < 1.29 is 9.59 Å². The standard InChI is InChI=1S/C14H19ClN4O2/c1-8(2)14(21)19-13(11(16)12(17)20)18-7-9-5-3-4-6-10(9)15/h3-6,8,11H,7,16H2,1-2H3,(H2,17,20)(H,18,19,21). The van der Waals surface area contributed by atoms with Gasteiger partial charge in [0.1, 0.15) is 11.9 Å². The minimum Gasteiger partial charge on any atom is -0.368 e. The summed E-state index contributed by atoms with van der Waals surface area (Å²) in [5.74, 6) is -1.28. The van der Waals surface area contributed by atoms with Gasteiger partial charge in [0.25, 0.3) is 0 Å². The maximum atomic E-state index is 11.7. The Bertz CT molecular complexity index is 558. The molecule has 6 nitrogen and oxygen atoms in total. The van der Waals surface area contributed by atoms with Crippen molar-refractivity contribution in [1.82, 2.24) is 5.32 Å². The number of carbonyl (C=O) groups excluding carboxylic acids is 2. The third-order valence-electron chi connectivity index (χ3n) is 2.75. The molecule has 0 fully saturated rings. The van der Waals surface area contributed by atoms with E-state index in [-0.39, 0.29) is 24.2 Å². The molecule has 0 bridgehead atoms. The number of amidine groups is 1. The fourth-order valence-corrected chi connectivity index (χ4v) is 1.61. The maximum absolute atomic E-state index is 11.7. The number of hydrogen-bond donors (Lipinski definition) is 3. The number of aliphatic imine (C=N–C) groups is 1. The van der Waals surface area contributed by atoms with Gasteiger partial charge < -0.3 is 16.8 Å². The summed E-state index contributed by atoms with van der Waals surface area (Å²) >= 11 is 6.03. The molecule has 2 amide bonds. The Morgan fingerprint density at radius 1 is 1.33 bits per heavy atom. The van der Waals surface area contributed by atoms with Crippen LogP contribution < -0.4 is 16.8 Å². The zero-order valence-electron chi connectivity index (χ0n) is 12.0. The summed E-state index contributed by atoms with van der Waals surface area (Å²) in [5.41, 5.74) is 11.6. The van der Waals surface area contributed by atoms with E-state index in [0.717, 1.165) is 5.56 Å². The molecule has 0 saturated carbocycles. The van der Waals surface area contributed by atoms with Crippen molar-refractivity contribution in [2.45, 2.75) is 26.4 Å². The number of carbonyl (C=O) groups is 2. The molecule has 0 aromatic heterocycles. The van der Waals surface area contributed by atoms with Gasteiger partial charge in [0.15, 0.2) is 0 Å². The van der Waals surface area contributed by atoms with Crippen LogP contribution in [0.2, 0.25) is 5.02 Å². The molecular weight excluding hydrogens is 292 g/mol. The molecule has 5 N–H and O–H groups in total. The van der Waals surface area contributed by atoms with E-state index in [4.69, 9.17) is 23.1 Å². The van der Waals surface area contributed by atoms with Crippen LogP contribution in [0.5, 0.6) is 0 Å². The van der Waals surface area contributed by atoms with E-state index in [1.165, 1.54) is 0 Å². The second kappa shape index (κ2) is 7.75. The van der Waals surface area contributed by atoms with Crippen LogP contribution in [0.25, 0.3) is 0 Å². The second-order valence-electron chi connectivity index (χ2n) is 4.82. The first kappa shape index (κ1) is 17.1. The van der Waals surface area contributed by atoms with Crippen molar-refractivity contribution in [1.29, 1.82) is 0 Å². The van der Waals surface area contributed by atoms with Crippen LogP contribution in [-0.4, -0.2) is 23.7 Å². The van der Waals surface area contributed by atoms with Crippen molar-refractivity contribution in [2.24, 2.45) is 22.4 Å². The van der Waals surface area contributed by atoms with Crippen LogP contribution in [-0.2, 0) is 16.1 Å². The molecule has 7 heteroatoms. The molecule has 21 heavy (non-hydrogen) atoms. The fourth-order valence-electron chi connectivity index (χ4n) is 1.42. The van der Waals surface area contributed by atoms with Gasteiger partial charge >= 0.3 is 0 Å². The molecule has 0 aliphatic rings. The number of primary amides is 1. The zero-order valence-corrected chi connectivity index (χ0v) is 12.7. The molecule has 0 saturated heterocycles. The molecule has 0 spiro atoms. The second-order valence-corrected chi connectivity index (χ2v) is 5.22. The Morgan fingerprint density at radius 3 is 2.48 bits per heavy atom. The van der Waals surface area contributed by atoms with Crippen LogP contribution in [0.4, 0.5) is 0 Å². The molecule has 0 aliphatic heterocycles. The molecule has 0 radical (unpaired) electrons. The van der Waals surface area contributed by atoms with Crippen molar-refractivity contribution >= 4 is 29.3 Å². The average Bonchev–Trinajstić information content (AvgIpc) is 2.43. The van der Waals surface area contributed by atoms with Crippen LogP contribution in [0.1, 0.15) is 19.4 Å². The largest absolute Gasteiger partial charge is 0.368 e. The average molecular weight is 311 g/mol. The van der Waals surface area contributed by atoms with Crippen molar-refractivity contribution in [3.05, 3.63) is 34.9 Å². The summed E-state index contributed by atoms with van der Waals surface area (Å²) in [5, 5.41) is 3.07. The van der Waals surface area contributed by atoms with E-state index >= 15 is 0 Å². The summed E-state index contributed by atoms with van der Waals surface area (Å²) < 4.78 is 0. The van der Waals surface area contributed by atoms with Gasteiger partial charge in [0.2, 0.25) is 11.8 Å². The third-order valence-corrected chi connectivity index (χ3v) is 3.12. The number of nitrogens with one attached hydrogen (secondary N) is 1. The van der Waals surface area contributed by atoms with Crippen molar-refractivity contribution in [3.8, 4) is 0 Å². The highest BCUT2D eigenvalue weighted by atomic mass is 35.5. The summed E-state index contributed by atoms with van der Waals surface area (Å²) in [6.45, 7) is 3.63. The summed E-state index contributed by atoms with van der Waals surface area (Å²) in [4.78, 5) is 27.1. The number of rotatable bonds is 5. The Hall–Kier alpha value is -1.92. The molecule has 0 aliphatic carbocycles. The van der Waals surface area contributed by atoms with Crippen LogP contribution in [0.3, 0.4) is 0 Å². The first-order chi connectivity index (χ1) is 9.82. The SMILES string of the molecule is CC(C)C(=O)NC(=NCc1ccccc1Cl)C(N)C(N)=O. The van der Waals surface area contributed by atoms with Gasteiger partial charge in [-0.25, -0.2) is 0 Å². The molecule has 1 aromatic carbocycles. The lowest BCUT2D eigenvalue weighted by molar-refractivity contribution is -0.122. The van der Waals surface area contributed by atoms with Gasteiger partial charge in [-0.2, -0.15) is 0 Å². The summed E-state index contributed by atoms with van der Waals surface area (Å²) in [7, 11) is 0. The predicted octanol–water partition coefficient (Wildman–Crippen LogP) is 0.823. The monoisotopic (exact) mass is 310 g/mol. The lowest BCUT2D eigenvalue weighted by Gasteiger charge is -2.15. The van der Waals surface area contributed by atoms with E-state index in [1.807, 2.05) is 6.07 Å². The molecule has 1 unspecified atom stereocenters. The maximum Gasteiger partial charge on any atom is 0.242 e. The molecule has 0 heterocycles. The molecule has 1 aromatic rings. The Balaban J connectivity index is 2.95. The Kier molecular flexibility index (Phi) is 6.33. The third kappa shape index (κ3) is 5.17. The van der Waals surface area contributed by atoms with E-state index in [9.17, 15) is 9.59 Å². The fraction of sp³-hybridized carbons (Fsp3) is 0.357. The number of hydrogen-bond acceptors (Lipinski definition) is 4. The number of nitrogens with zero attached hydrogens (tertiary/aromatic N) is 1. The first-order valence-electron chi connectivity index (χ1n) is 6.46. The topological polar surface area (TPSA) is 111 Å². The van der Waals surface area contributed by atoms with E-state index in [1.54, 1.807) is 32.0 Å². The Labute approximate surface area is 128 Å². The van der Waals surface area contributed by atoms with Crippen molar-refractivity contribution in [3.63, 3.8) is 0 Å². The molecule has 1 atom stereocenters. The van der Waals surface area contributed by atoms with Gasteiger partial charge in [-0.15, -0.1) is 0 Å². The van der Waals surface area contributed by atoms with E-state index < -0.39 is 11.9 Å². The minimum atomic E-state index is -1.17. The zero-order chi connectivity index (χ0) is 16.0. The van der Waals surface area contributed by atoms with Gasteiger partial charge in [0.05, 0.1) is 6.54 Å². The first-order valence-corrected chi connectivity index (χ1v) is 6.84. The summed E-state index contributed by atoms with van der Waals surface area (Å²) in [6, 6.07) is 5.97. The highest BCUT2D eigenvalue weighted by Crippen LogP contribution is 2.15. The molecule has 114 valence electrons. The smallest absolute Gasteiger partial charge is 0.242 e. The van der Waals surface area contributed by atoms with Crippen molar-refractivity contribution in [2.75, 3.05) is 0 Å². The highest BCUT2D eigenvalue weighted by molar-refractivity contribution is 6.31. The van der Waals surface area contributed by atoms with E-state index in [0.29, 0.717) is 5.02 Å².